The maximum atomic E-state index is 11.1. The number of benzene rings is 1. The van der Waals surface area contributed by atoms with E-state index in [2.05, 4.69) is 12.2 Å². The van der Waals surface area contributed by atoms with Gasteiger partial charge in [-0.3, -0.25) is 10.1 Å². The molecule has 1 unspecified atom stereocenters. The van der Waals surface area contributed by atoms with Gasteiger partial charge in [0.2, 0.25) is 0 Å². The third-order valence-electron chi connectivity index (χ3n) is 4.25. The molecule has 4 heteroatoms. The quantitative estimate of drug-likeness (QED) is 0.610. The third kappa shape index (κ3) is 3.79. The van der Waals surface area contributed by atoms with Crippen molar-refractivity contribution < 1.29 is 4.92 Å². The van der Waals surface area contributed by atoms with E-state index in [-0.39, 0.29) is 10.6 Å². The van der Waals surface area contributed by atoms with E-state index < -0.39 is 0 Å². The Labute approximate surface area is 120 Å². The third-order valence-corrected chi connectivity index (χ3v) is 4.25. The zero-order valence-electron chi connectivity index (χ0n) is 12.2. The summed E-state index contributed by atoms with van der Waals surface area (Å²) in [5.74, 6) is 0.668. The molecule has 110 valence electrons. The number of hydrogen-bond acceptors (Lipinski definition) is 3. The van der Waals surface area contributed by atoms with Gasteiger partial charge in [0, 0.05) is 17.7 Å². The molecule has 0 saturated heterocycles. The predicted octanol–water partition coefficient (Wildman–Crippen LogP) is 3.70. The maximum Gasteiger partial charge on any atom is 0.272 e. The van der Waals surface area contributed by atoms with Gasteiger partial charge in [0.15, 0.2) is 0 Å². The van der Waals surface area contributed by atoms with E-state index >= 15 is 0 Å². The zero-order valence-corrected chi connectivity index (χ0v) is 12.2. The van der Waals surface area contributed by atoms with Crippen molar-refractivity contribution in [1.29, 1.82) is 0 Å². The first-order chi connectivity index (χ1) is 9.72. The van der Waals surface area contributed by atoms with Crippen LogP contribution < -0.4 is 5.32 Å². The summed E-state index contributed by atoms with van der Waals surface area (Å²) in [6.07, 6.45) is 6.96. The highest BCUT2D eigenvalue weighted by Crippen LogP contribution is 2.30. The van der Waals surface area contributed by atoms with Gasteiger partial charge in [-0.2, -0.15) is 0 Å². The highest BCUT2D eigenvalue weighted by Gasteiger charge is 2.26. The van der Waals surface area contributed by atoms with E-state index in [4.69, 9.17) is 0 Å². The van der Waals surface area contributed by atoms with Crippen molar-refractivity contribution >= 4 is 5.69 Å². The van der Waals surface area contributed by atoms with Gasteiger partial charge >= 0.3 is 0 Å². The van der Waals surface area contributed by atoms with Crippen molar-refractivity contribution in [2.75, 3.05) is 6.54 Å². The normalized spacial score (nSPS) is 17.2. The van der Waals surface area contributed by atoms with Gasteiger partial charge in [-0.25, -0.2) is 0 Å². The fourth-order valence-electron chi connectivity index (χ4n) is 3.19. The second-order valence-electron chi connectivity index (χ2n) is 5.70. The lowest BCUT2D eigenvalue weighted by Crippen LogP contribution is -2.37. The van der Waals surface area contributed by atoms with Crippen molar-refractivity contribution in [3.63, 3.8) is 0 Å². The summed E-state index contributed by atoms with van der Waals surface area (Å²) in [4.78, 5) is 10.9. The van der Waals surface area contributed by atoms with Gasteiger partial charge in [-0.05, 0) is 38.1 Å². The summed E-state index contributed by atoms with van der Waals surface area (Å²) in [6, 6.07) is 7.52. The average molecular weight is 276 g/mol. The minimum absolute atomic E-state index is 0.258. The molecule has 1 aliphatic carbocycles. The van der Waals surface area contributed by atoms with E-state index in [1.54, 1.807) is 12.1 Å². The van der Waals surface area contributed by atoms with Gasteiger partial charge in [0.25, 0.3) is 5.69 Å². The summed E-state index contributed by atoms with van der Waals surface area (Å²) in [6.45, 7) is 3.14. The van der Waals surface area contributed by atoms with Gasteiger partial charge in [-0.1, -0.05) is 38.0 Å². The fraction of sp³-hybridized carbons (Fsp3) is 0.625. The van der Waals surface area contributed by atoms with Crippen LogP contribution in [0.15, 0.2) is 24.3 Å². The molecule has 1 atom stereocenters. The van der Waals surface area contributed by atoms with Crippen LogP contribution in [-0.4, -0.2) is 17.5 Å². The number of rotatable bonds is 7. The van der Waals surface area contributed by atoms with Gasteiger partial charge < -0.3 is 5.32 Å². The molecule has 0 amide bonds. The lowest BCUT2D eigenvalue weighted by Gasteiger charge is -2.24. The van der Waals surface area contributed by atoms with Gasteiger partial charge in [0.1, 0.15) is 0 Å². The van der Waals surface area contributed by atoms with E-state index in [9.17, 15) is 10.1 Å². The number of para-hydroxylation sites is 1. The SMILES string of the molecule is CCCNC(Cc1ccccc1[N+](=O)[O-])C1CCCC1. The van der Waals surface area contributed by atoms with Gasteiger partial charge in [-0.15, -0.1) is 0 Å². The minimum atomic E-state index is -0.263. The smallest absolute Gasteiger partial charge is 0.272 e. The van der Waals surface area contributed by atoms with Crippen molar-refractivity contribution in [2.45, 2.75) is 51.5 Å². The monoisotopic (exact) mass is 276 g/mol. The highest BCUT2D eigenvalue weighted by molar-refractivity contribution is 5.40. The van der Waals surface area contributed by atoms with Gasteiger partial charge in [0.05, 0.1) is 4.92 Å². The van der Waals surface area contributed by atoms with Crippen molar-refractivity contribution in [3.8, 4) is 0 Å². The van der Waals surface area contributed by atoms with Crippen LogP contribution in [0.4, 0.5) is 5.69 Å². The summed E-state index contributed by atoms with van der Waals surface area (Å²) >= 11 is 0. The second kappa shape index (κ2) is 7.39. The molecule has 1 N–H and O–H groups in total. The van der Waals surface area contributed by atoms with Crippen LogP contribution in [0.5, 0.6) is 0 Å². The Bertz CT molecular complexity index is 442. The fourth-order valence-corrected chi connectivity index (χ4v) is 3.19. The van der Waals surface area contributed by atoms with Crippen molar-refractivity contribution in [1.82, 2.24) is 5.32 Å². The number of nitro benzene ring substituents is 1. The molecule has 1 aromatic rings. The van der Waals surface area contributed by atoms with E-state index in [0.29, 0.717) is 12.0 Å². The molecule has 0 heterocycles. The Kier molecular flexibility index (Phi) is 5.53. The van der Waals surface area contributed by atoms with Crippen LogP contribution >= 0.6 is 0 Å². The van der Waals surface area contributed by atoms with Crippen LogP contribution in [0.2, 0.25) is 0 Å². The van der Waals surface area contributed by atoms with Crippen molar-refractivity contribution in [2.24, 2.45) is 5.92 Å². The molecule has 4 nitrogen and oxygen atoms in total. The summed E-state index contributed by atoms with van der Waals surface area (Å²) in [7, 11) is 0. The molecule has 1 fully saturated rings. The molecule has 20 heavy (non-hydrogen) atoms. The number of nitrogens with one attached hydrogen (secondary N) is 1. The number of hydrogen-bond donors (Lipinski definition) is 1. The average Bonchev–Trinajstić information content (AvgIpc) is 2.97. The Morgan fingerprint density at radius 1 is 1.35 bits per heavy atom. The van der Waals surface area contributed by atoms with E-state index in [1.807, 2.05) is 12.1 Å². The molecule has 0 spiro atoms. The molecule has 0 aliphatic heterocycles. The number of nitrogens with zero attached hydrogens (tertiary/aromatic N) is 1. The molecule has 1 saturated carbocycles. The van der Waals surface area contributed by atoms with E-state index in [0.717, 1.165) is 24.9 Å². The van der Waals surface area contributed by atoms with Crippen LogP contribution in [-0.2, 0) is 6.42 Å². The molecule has 1 aliphatic rings. The maximum absolute atomic E-state index is 11.1. The largest absolute Gasteiger partial charge is 0.313 e. The molecule has 2 rings (SSSR count). The second-order valence-corrected chi connectivity index (χ2v) is 5.70. The predicted molar refractivity (Wildman–Crippen MR) is 80.8 cm³/mol. The van der Waals surface area contributed by atoms with Crippen LogP contribution in [0.3, 0.4) is 0 Å². The topological polar surface area (TPSA) is 55.2 Å². The first-order valence-electron chi connectivity index (χ1n) is 7.68. The Morgan fingerprint density at radius 2 is 2.05 bits per heavy atom. The molecular formula is C16H24N2O2. The summed E-state index contributed by atoms with van der Waals surface area (Å²) < 4.78 is 0. The number of nitro groups is 1. The standard InChI is InChI=1S/C16H24N2O2/c1-2-11-17-15(13-7-3-4-8-13)12-14-9-5-6-10-16(14)18(19)20/h5-6,9-10,13,15,17H,2-4,7-8,11-12H2,1H3. The molecule has 0 aromatic heterocycles. The Morgan fingerprint density at radius 3 is 2.70 bits per heavy atom. The summed E-state index contributed by atoms with van der Waals surface area (Å²) in [5, 5.41) is 14.7. The lowest BCUT2D eigenvalue weighted by atomic mass is 9.91. The first-order valence-corrected chi connectivity index (χ1v) is 7.68. The first kappa shape index (κ1) is 15.0. The molecule has 0 radical (unpaired) electrons. The highest BCUT2D eigenvalue weighted by atomic mass is 16.6. The minimum Gasteiger partial charge on any atom is -0.313 e. The molecule has 1 aromatic carbocycles. The zero-order chi connectivity index (χ0) is 14.4. The van der Waals surface area contributed by atoms with Crippen LogP contribution in [0, 0.1) is 16.0 Å². The van der Waals surface area contributed by atoms with Crippen LogP contribution in [0.1, 0.15) is 44.6 Å². The lowest BCUT2D eigenvalue weighted by molar-refractivity contribution is -0.385. The molecular weight excluding hydrogens is 252 g/mol. The Hall–Kier alpha value is -1.42. The molecule has 0 bridgehead atoms. The summed E-state index contributed by atoms with van der Waals surface area (Å²) in [5.41, 5.74) is 1.12. The Balaban J connectivity index is 2.12. The van der Waals surface area contributed by atoms with Crippen molar-refractivity contribution in [3.05, 3.63) is 39.9 Å². The van der Waals surface area contributed by atoms with Crippen LogP contribution in [0.25, 0.3) is 0 Å². The van der Waals surface area contributed by atoms with E-state index in [1.165, 1.54) is 25.7 Å².